The lowest BCUT2D eigenvalue weighted by Gasteiger charge is -2.26. The molecular weight excluding hydrogens is 363 g/mol. The van der Waals surface area contributed by atoms with Crippen molar-refractivity contribution >= 4 is 23.2 Å². The van der Waals surface area contributed by atoms with E-state index < -0.39 is 11.4 Å². The first kappa shape index (κ1) is 18.3. The van der Waals surface area contributed by atoms with E-state index in [1.54, 1.807) is 18.3 Å². The van der Waals surface area contributed by atoms with Gasteiger partial charge in [-0.1, -0.05) is 11.8 Å². The van der Waals surface area contributed by atoms with Gasteiger partial charge in [-0.2, -0.15) is 0 Å². The van der Waals surface area contributed by atoms with Crippen LogP contribution < -0.4 is 10.1 Å². The number of hydrogen-bond acceptors (Lipinski definition) is 4. The highest BCUT2D eigenvalue weighted by atomic mass is 19.1. The molecule has 0 atom stereocenters. The lowest BCUT2D eigenvalue weighted by molar-refractivity contribution is -0.110. The van der Waals surface area contributed by atoms with E-state index in [0.717, 1.165) is 0 Å². The van der Waals surface area contributed by atoms with E-state index in [9.17, 15) is 14.3 Å². The van der Waals surface area contributed by atoms with E-state index in [0.29, 0.717) is 48.7 Å². The summed E-state index contributed by atoms with van der Waals surface area (Å²) < 4.78 is 25.1. The number of carbonyl (C=O) groups excluding carboxylic acids is 1. The smallest absolute Gasteiger partial charge is 0.256 e. The Kier molecular flexibility index (Phi) is 4.67. The number of halogens is 1. The second-order valence-corrected chi connectivity index (χ2v) is 6.71. The van der Waals surface area contributed by atoms with Gasteiger partial charge in [0.25, 0.3) is 5.91 Å². The van der Waals surface area contributed by atoms with Gasteiger partial charge in [0.1, 0.15) is 17.2 Å². The molecule has 3 heterocycles. The molecule has 4 rings (SSSR count). The summed E-state index contributed by atoms with van der Waals surface area (Å²) >= 11 is 0. The maximum absolute atomic E-state index is 14.6. The van der Waals surface area contributed by atoms with Crippen LogP contribution in [-0.4, -0.2) is 41.9 Å². The van der Waals surface area contributed by atoms with Gasteiger partial charge in [-0.3, -0.25) is 4.79 Å². The van der Waals surface area contributed by atoms with E-state index in [1.807, 2.05) is 0 Å². The van der Waals surface area contributed by atoms with Gasteiger partial charge in [0.05, 0.1) is 42.8 Å². The zero-order chi connectivity index (χ0) is 19.7. The summed E-state index contributed by atoms with van der Waals surface area (Å²) in [5.74, 6) is 5.22. The Morgan fingerprint density at radius 1 is 1.32 bits per heavy atom. The Bertz CT molecular complexity index is 1020. The molecule has 0 unspecified atom stereocenters. The number of aromatic nitrogens is 1. The van der Waals surface area contributed by atoms with Gasteiger partial charge in [-0.05, 0) is 24.3 Å². The summed E-state index contributed by atoms with van der Waals surface area (Å²) in [6, 6.07) is 4.49. The number of H-pyrrole nitrogens is 1. The van der Waals surface area contributed by atoms with Crippen LogP contribution in [0.2, 0.25) is 0 Å². The molecule has 1 amide bonds. The zero-order valence-electron chi connectivity index (χ0n) is 15.3. The molecule has 6 nitrogen and oxygen atoms in total. The van der Waals surface area contributed by atoms with Gasteiger partial charge in [-0.15, -0.1) is 0 Å². The average molecular weight is 382 g/mol. The molecule has 7 heteroatoms. The number of rotatable bonds is 2. The van der Waals surface area contributed by atoms with Crippen LogP contribution in [0.1, 0.15) is 29.7 Å². The fraction of sp³-hybridized carbons (Fsp3) is 0.286. The van der Waals surface area contributed by atoms with Crippen molar-refractivity contribution in [2.75, 3.05) is 25.6 Å². The molecule has 2 aliphatic heterocycles. The van der Waals surface area contributed by atoms with Crippen LogP contribution in [0.25, 0.3) is 11.6 Å². The van der Waals surface area contributed by atoms with Gasteiger partial charge < -0.3 is 24.9 Å². The predicted molar refractivity (Wildman–Crippen MR) is 102 cm³/mol. The second-order valence-electron chi connectivity index (χ2n) is 6.71. The van der Waals surface area contributed by atoms with Crippen LogP contribution in [0.3, 0.4) is 0 Å². The number of hydrogen-bond donors (Lipinski definition) is 3. The molecule has 28 heavy (non-hydrogen) atoms. The number of amides is 1. The quantitative estimate of drug-likeness (QED) is 0.551. The maximum atomic E-state index is 14.6. The van der Waals surface area contributed by atoms with Crippen LogP contribution in [0, 0.1) is 17.7 Å². The number of benzene rings is 1. The molecule has 2 aliphatic rings. The molecule has 0 saturated carbocycles. The number of aliphatic hydroxyl groups is 1. The van der Waals surface area contributed by atoms with E-state index in [1.165, 1.54) is 19.2 Å². The fourth-order valence-corrected chi connectivity index (χ4v) is 3.34. The van der Waals surface area contributed by atoms with Crippen molar-refractivity contribution < 1.29 is 23.8 Å². The molecule has 1 aromatic carbocycles. The third-order valence-corrected chi connectivity index (χ3v) is 4.90. The van der Waals surface area contributed by atoms with E-state index in [2.05, 4.69) is 22.1 Å². The molecule has 0 radical (unpaired) electrons. The number of aromatic amines is 1. The zero-order valence-corrected chi connectivity index (χ0v) is 15.3. The van der Waals surface area contributed by atoms with Gasteiger partial charge in [0.2, 0.25) is 0 Å². The maximum Gasteiger partial charge on any atom is 0.256 e. The van der Waals surface area contributed by atoms with E-state index >= 15 is 0 Å². The van der Waals surface area contributed by atoms with E-state index in [-0.39, 0.29) is 17.0 Å². The number of ether oxygens (including phenoxy) is 2. The van der Waals surface area contributed by atoms with Crippen molar-refractivity contribution in [1.29, 1.82) is 0 Å². The minimum atomic E-state index is -1.23. The normalized spacial score (nSPS) is 19.0. The number of fused-ring (bicyclic) bond motifs is 1. The van der Waals surface area contributed by atoms with Gasteiger partial charge in [0.15, 0.2) is 0 Å². The first-order chi connectivity index (χ1) is 13.5. The van der Waals surface area contributed by atoms with Crippen molar-refractivity contribution in [2.45, 2.75) is 18.4 Å². The molecule has 1 fully saturated rings. The topological polar surface area (TPSA) is 83.6 Å². The van der Waals surface area contributed by atoms with Crippen molar-refractivity contribution in [1.82, 2.24) is 4.98 Å². The van der Waals surface area contributed by atoms with Crippen molar-refractivity contribution in [3.05, 3.63) is 47.0 Å². The van der Waals surface area contributed by atoms with Crippen LogP contribution >= 0.6 is 0 Å². The number of anilines is 1. The summed E-state index contributed by atoms with van der Waals surface area (Å²) in [5.41, 5.74) is 0.574. The lowest BCUT2D eigenvalue weighted by Crippen LogP contribution is -2.34. The first-order valence-electron chi connectivity index (χ1n) is 8.91. The van der Waals surface area contributed by atoms with Crippen molar-refractivity contribution in [3.8, 4) is 17.6 Å². The highest BCUT2D eigenvalue weighted by Crippen LogP contribution is 2.37. The second kappa shape index (κ2) is 7.15. The fourth-order valence-electron chi connectivity index (χ4n) is 3.34. The molecule has 144 valence electrons. The average Bonchev–Trinajstić information content (AvgIpc) is 3.26. The van der Waals surface area contributed by atoms with E-state index in [4.69, 9.17) is 9.47 Å². The molecule has 0 aliphatic carbocycles. The largest absolute Gasteiger partial charge is 0.495 e. The van der Waals surface area contributed by atoms with Crippen molar-refractivity contribution in [2.24, 2.45) is 0 Å². The molecule has 2 aromatic rings. The Morgan fingerprint density at radius 3 is 2.86 bits per heavy atom. The molecule has 1 aromatic heterocycles. The highest BCUT2D eigenvalue weighted by molar-refractivity contribution is 6.35. The standard InChI is InChI=1S/C21H19FN2O4/c1-27-18-5-9-23-17(18)12-14-19-13(4-6-21(26)7-10-28-11-8-21)15(22)2-3-16(19)24-20(14)25/h2-3,5,9,12,23,26H,7-8,10-11H2,1H3,(H,24,25). The van der Waals surface area contributed by atoms with Gasteiger partial charge in [0, 0.05) is 24.6 Å². The molecule has 0 bridgehead atoms. The number of methoxy groups -OCH3 is 1. The minimum absolute atomic E-state index is 0.0764. The van der Waals surface area contributed by atoms with Crippen LogP contribution in [0.4, 0.5) is 10.1 Å². The predicted octanol–water partition coefficient (Wildman–Crippen LogP) is 2.55. The van der Waals surface area contributed by atoms with Crippen molar-refractivity contribution in [3.63, 3.8) is 0 Å². The lowest BCUT2D eigenvalue weighted by atomic mass is 9.93. The monoisotopic (exact) mass is 382 g/mol. The Labute approximate surface area is 161 Å². The van der Waals surface area contributed by atoms with Gasteiger partial charge in [-0.25, -0.2) is 4.39 Å². The highest BCUT2D eigenvalue weighted by Gasteiger charge is 2.30. The summed E-state index contributed by atoms with van der Waals surface area (Å²) in [4.78, 5) is 15.5. The minimum Gasteiger partial charge on any atom is -0.495 e. The first-order valence-corrected chi connectivity index (χ1v) is 8.91. The SMILES string of the molecule is COc1cc[nH]c1C=C1C(=O)Nc2ccc(F)c(C#CC3(O)CCOCC3)c21. The number of nitrogens with one attached hydrogen (secondary N) is 2. The Morgan fingerprint density at radius 2 is 2.11 bits per heavy atom. The summed E-state index contributed by atoms with van der Waals surface area (Å²) in [5, 5.41) is 13.3. The van der Waals surface area contributed by atoms with Crippen LogP contribution in [0.15, 0.2) is 24.4 Å². The summed E-state index contributed by atoms with van der Waals surface area (Å²) in [6.07, 6.45) is 4.01. The molecular formula is C21H19FN2O4. The third-order valence-electron chi connectivity index (χ3n) is 4.90. The summed E-state index contributed by atoms with van der Waals surface area (Å²) in [6.45, 7) is 0.802. The Hall–Kier alpha value is -3.08. The number of carbonyl (C=O) groups is 1. The van der Waals surface area contributed by atoms with Crippen LogP contribution in [0.5, 0.6) is 5.75 Å². The third kappa shape index (κ3) is 3.28. The van der Waals surface area contributed by atoms with Crippen LogP contribution in [-0.2, 0) is 9.53 Å². The molecule has 0 spiro atoms. The molecule has 1 saturated heterocycles. The Balaban J connectivity index is 1.81. The summed E-state index contributed by atoms with van der Waals surface area (Å²) in [7, 11) is 1.53. The molecule has 3 N–H and O–H groups in total. The van der Waals surface area contributed by atoms with Gasteiger partial charge >= 0.3 is 0 Å².